The number of hydrogen-bond donors (Lipinski definition) is 10. The van der Waals surface area contributed by atoms with Gasteiger partial charge in [0.1, 0.15) is 24.2 Å². The van der Waals surface area contributed by atoms with Crippen molar-refractivity contribution in [1.82, 2.24) is 95.9 Å². The number of carboxylic acid groups (broad SMARTS) is 5. The van der Waals surface area contributed by atoms with Crippen molar-refractivity contribution in [3.8, 4) is 22.7 Å². The number of esters is 2. The number of carbonyl (C=O) groups is 12. The minimum absolute atomic E-state index is 0. The van der Waals surface area contributed by atoms with Gasteiger partial charge in [-0.05, 0) is 174 Å². The molecule has 0 aliphatic carbocycles. The molecule has 0 spiro atoms. The van der Waals surface area contributed by atoms with E-state index in [1.807, 2.05) is 7.05 Å². The van der Waals surface area contributed by atoms with Gasteiger partial charge in [0.05, 0.1) is 86.5 Å². The predicted molar refractivity (Wildman–Crippen MR) is 401 cm³/mol. The van der Waals surface area contributed by atoms with Crippen LogP contribution in [-0.4, -0.2) is 281 Å². The molecule has 0 radical (unpaired) electrons. The zero-order chi connectivity index (χ0) is 81.9. The molecule has 2 saturated heterocycles. The van der Waals surface area contributed by atoms with Gasteiger partial charge in [-0.3, -0.25) is 47.9 Å². The molecule has 114 heavy (non-hydrogen) atoms. The molecule has 4 atom stereocenters. The number of aliphatic carboxylic acids is 5. The van der Waals surface area contributed by atoms with Crippen molar-refractivity contribution in [3.63, 3.8) is 0 Å². The normalized spacial score (nSPS) is 13.2. The standard InChI is InChI=1S/C21H28N6O4.C16H18N4O5.C15H16N4O5.C9H6ClN3O.C6H11NO4.C5H12N2.Li.H2O/c1-25-12-14-26(15-13-25)21(30)18(4-3-5-19(28)31-2)23-20(29)16-6-8-17(9-7-16)27-11-10-22-24-27;1-25-14(21)4-2-3-13(16(23)24)18-15(22)11-5-7-12(8-6-11)20-10-9-17-19-20;20-13(21)3-1-2-12(15(23)24)17-14(22)10-4-6-11(7-5-10)19-9-8-16-18-19;10-9(14)7-1-3-8(4-2-7)13-6-5-11-12-13;7-4(6(10)11)2-1-3-5(8)9;1-7-4-2-6-3-5-7;;/h6-11,18H,3-5,12-15H2,1-2H3,(H,23,29);5-10,13H,2-4H2,1H3,(H,18,22)(H,23,24);4-9,12H,1-3H2,(H,17,22)(H,20,21)(H,23,24);1-6H;4H,1-3,7H2,(H,8,9)(H,10,11);6H,2-5H2,1H3;;1H2/q;;;;;;+1;/p-1/t18-;13-;12-;;4-;;;/m000.0.../s1. The number of nitrogens with two attached hydrogens (primary N) is 1. The molecule has 42 heteroatoms. The molecule has 2 fully saturated rings. The Bertz CT molecular complexity index is 4230. The van der Waals surface area contributed by atoms with Crippen LogP contribution in [0.4, 0.5) is 0 Å². The first-order valence-electron chi connectivity index (χ1n) is 35.0. The van der Waals surface area contributed by atoms with Crippen LogP contribution in [0.15, 0.2) is 147 Å². The number of nitrogens with zero attached hydrogens (tertiary/aromatic N) is 15. The van der Waals surface area contributed by atoms with Gasteiger partial charge in [0, 0.05) is 100 Å². The SMILES string of the molecule is CN1CCNCC1.COC(=O)CCC[C@H](NC(=O)c1ccc(-n2ccnn2)cc1)C(=O)N1CCN(C)CC1.COC(=O)CCC[C@H](NC(=O)c1ccc(-n2ccnn2)cc1)C(=O)O.N[C@@H](CCCC(=O)O)C(=O)O.O=C(Cl)c1ccc(-n2ccnn2)cc1.O=C(O)CCC[C@H](NC(=O)c1ccc(-n2ccnn2)cc1)C(=O)O.[Li+].[OH-]. The second-order valence-corrected chi connectivity index (χ2v) is 25.1. The third-order valence-corrected chi connectivity index (χ3v) is 16.7. The molecular formula is C72H92ClLiN20O20. The molecule has 4 amide bonds. The van der Waals surface area contributed by atoms with Gasteiger partial charge in [-0.1, -0.05) is 20.9 Å². The van der Waals surface area contributed by atoms with Crippen molar-refractivity contribution >= 4 is 82.3 Å². The van der Waals surface area contributed by atoms with Crippen LogP contribution in [0, 0.1) is 0 Å². The van der Waals surface area contributed by atoms with Crippen molar-refractivity contribution < 1.29 is 117 Å². The minimum Gasteiger partial charge on any atom is -0.870 e. The van der Waals surface area contributed by atoms with Crippen molar-refractivity contribution in [2.45, 2.75) is 101 Å². The molecule has 6 heterocycles. The number of amides is 4. The summed E-state index contributed by atoms with van der Waals surface area (Å²) in [4.78, 5) is 143. The van der Waals surface area contributed by atoms with E-state index in [4.69, 9.17) is 37.8 Å². The van der Waals surface area contributed by atoms with Gasteiger partial charge in [0.2, 0.25) is 5.91 Å². The minimum atomic E-state index is -1.20. The Balaban J connectivity index is 0.000000371. The van der Waals surface area contributed by atoms with Crippen LogP contribution in [-0.2, 0) is 47.8 Å². The van der Waals surface area contributed by atoms with Crippen molar-refractivity contribution in [3.05, 3.63) is 169 Å². The maximum absolute atomic E-state index is 13.1. The van der Waals surface area contributed by atoms with Gasteiger partial charge < -0.3 is 82.2 Å². The molecular weight excluding hydrogens is 1510 g/mol. The Hall–Kier alpha value is -12.0. The fourth-order valence-electron chi connectivity index (χ4n) is 10.1. The number of carbonyl (C=O) groups excluding carboxylic acids is 7. The molecule has 12 N–H and O–H groups in total. The van der Waals surface area contributed by atoms with Crippen molar-refractivity contribution in [2.75, 3.05) is 80.7 Å². The Morgan fingerprint density at radius 1 is 0.439 bits per heavy atom. The number of ether oxygens (including phenoxy) is 2. The molecule has 0 saturated carbocycles. The number of benzene rings is 4. The van der Waals surface area contributed by atoms with Crippen LogP contribution in [0.3, 0.4) is 0 Å². The number of methoxy groups -OCH3 is 2. The van der Waals surface area contributed by atoms with Gasteiger partial charge >= 0.3 is 60.6 Å². The zero-order valence-corrected chi connectivity index (χ0v) is 64.1. The van der Waals surface area contributed by atoms with Gasteiger partial charge in [0.15, 0.2) is 0 Å². The summed E-state index contributed by atoms with van der Waals surface area (Å²) in [5.74, 6) is -7.63. The predicted octanol–water partition coefficient (Wildman–Crippen LogP) is -0.370. The smallest absolute Gasteiger partial charge is 0.870 e. The van der Waals surface area contributed by atoms with E-state index in [0.717, 1.165) is 43.2 Å². The topological polar surface area (TPSA) is 561 Å². The van der Waals surface area contributed by atoms with Crippen molar-refractivity contribution in [2.24, 2.45) is 5.73 Å². The number of rotatable bonds is 31. The number of aromatic nitrogens is 12. The molecule has 2 aliphatic heterocycles. The second-order valence-electron chi connectivity index (χ2n) is 24.7. The third-order valence-electron chi connectivity index (χ3n) is 16.5. The Morgan fingerprint density at radius 3 is 1.01 bits per heavy atom. The fourth-order valence-corrected chi connectivity index (χ4v) is 10.2. The Kier molecular flexibility index (Phi) is 44.1. The first-order valence-corrected chi connectivity index (χ1v) is 35.4. The Labute approximate surface area is 671 Å². The maximum atomic E-state index is 13.1. The summed E-state index contributed by atoms with van der Waals surface area (Å²) in [6.07, 6.45) is 15.1. The van der Waals surface area contributed by atoms with E-state index in [1.54, 1.807) is 149 Å². The molecule has 8 aromatic rings. The van der Waals surface area contributed by atoms with Crippen LogP contribution in [0.1, 0.15) is 118 Å². The van der Waals surface area contributed by atoms with Crippen LogP contribution >= 0.6 is 11.6 Å². The average molecular weight is 1600 g/mol. The third kappa shape index (κ3) is 35.5. The summed E-state index contributed by atoms with van der Waals surface area (Å²) in [5, 5.41) is 84.1. The molecule has 2 aliphatic rings. The second kappa shape index (κ2) is 52.2. The van der Waals surface area contributed by atoms with E-state index in [0.29, 0.717) is 66.7 Å². The van der Waals surface area contributed by atoms with Crippen LogP contribution in [0.2, 0.25) is 0 Å². The van der Waals surface area contributed by atoms with Gasteiger partial charge in [0.25, 0.3) is 23.0 Å². The molecule has 0 bridgehead atoms. The molecule has 10 rings (SSSR count). The monoisotopic (exact) mass is 1600 g/mol. The van der Waals surface area contributed by atoms with E-state index in [2.05, 4.69) is 88.8 Å². The van der Waals surface area contributed by atoms with Gasteiger partial charge in [-0.2, -0.15) is 0 Å². The summed E-state index contributed by atoms with van der Waals surface area (Å²) in [6.45, 7) is 7.56. The van der Waals surface area contributed by atoms with Gasteiger partial charge in [-0.25, -0.2) is 28.3 Å². The zero-order valence-electron chi connectivity index (χ0n) is 63.4. The average Bonchev–Trinajstić information content (AvgIpc) is 1.12. The van der Waals surface area contributed by atoms with Crippen LogP contribution in [0.5, 0.6) is 0 Å². The maximum Gasteiger partial charge on any atom is 1.00 e. The first kappa shape index (κ1) is 96.2. The fraction of sp³-hybridized carbons (Fsp3) is 0.389. The van der Waals surface area contributed by atoms with E-state index >= 15 is 0 Å². The van der Waals surface area contributed by atoms with E-state index < -0.39 is 77.0 Å². The first-order chi connectivity index (χ1) is 53.7. The van der Waals surface area contributed by atoms with Crippen LogP contribution < -0.4 is 45.9 Å². The largest absolute Gasteiger partial charge is 1.00 e. The van der Waals surface area contributed by atoms with E-state index in [1.165, 1.54) is 49.1 Å². The summed E-state index contributed by atoms with van der Waals surface area (Å²) < 4.78 is 15.4. The summed E-state index contributed by atoms with van der Waals surface area (Å²) in [6, 6.07) is 22.7. The molecule has 40 nitrogen and oxygen atoms in total. The quantitative estimate of drug-likeness (QED) is 0.0151. The number of likely N-dealkylation sites (N-methyl/N-ethyl adjacent to an activating group) is 2. The van der Waals surface area contributed by atoms with Gasteiger partial charge in [-0.15, -0.1) is 20.4 Å². The number of carboxylic acids is 5. The number of nitrogens with one attached hydrogen (secondary N) is 4. The molecule has 0 unspecified atom stereocenters. The van der Waals surface area contributed by atoms with Crippen LogP contribution in [0.25, 0.3) is 22.7 Å². The molecule has 608 valence electrons. The van der Waals surface area contributed by atoms with E-state index in [9.17, 15) is 62.6 Å². The summed E-state index contributed by atoms with van der Waals surface area (Å²) in [5.41, 5.74) is 9.68. The van der Waals surface area contributed by atoms with E-state index in [-0.39, 0.29) is 93.5 Å². The van der Waals surface area contributed by atoms with Crippen molar-refractivity contribution in [1.29, 1.82) is 0 Å². The Morgan fingerprint density at radius 2 is 0.737 bits per heavy atom. The summed E-state index contributed by atoms with van der Waals surface area (Å²) in [7, 11) is 6.77. The number of hydrogen-bond acceptors (Lipinski definition) is 27. The molecule has 4 aromatic heterocycles. The summed E-state index contributed by atoms with van der Waals surface area (Å²) >= 11 is 5.31. The molecule has 4 aromatic carbocycles. The number of halogens is 1. The number of piperazine rings is 2.